The van der Waals surface area contributed by atoms with Gasteiger partial charge in [0.1, 0.15) is 16.7 Å². The first kappa shape index (κ1) is 24.0. The van der Waals surface area contributed by atoms with E-state index in [2.05, 4.69) is 5.32 Å². The Bertz CT molecular complexity index is 1230. The standard InChI is InChI=1S/C26H21ClN2O3S2/c27-20-9-11-21(12-10-20)28-24(30)13-14-29-25(31)23(34-26(29)33)16-19-7-4-8-22(15-19)32-17-18-5-2-1-3-6-18/h1-12,15-16H,13-14,17H2,(H,28,30)/b23-16-. The molecule has 2 amide bonds. The second kappa shape index (κ2) is 11.3. The lowest BCUT2D eigenvalue weighted by Gasteiger charge is -2.14. The van der Waals surface area contributed by atoms with E-state index in [1.807, 2.05) is 54.6 Å². The Hall–Kier alpha value is -3.13. The molecule has 8 heteroatoms. The number of carbonyl (C=O) groups is 2. The van der Waals surface area contributed by atoms with Crippen molar-refractivity contribution in [2.24, 2.45) is 0 Å². The SMILES string of the molecule is O=C(CCN1C(=O)/C(=C/c2cccc(OCc3ccccc3)c2)SC1=S)Nc1ccc(Cl)cc1. The summed E-state index contributed by atoms with van der Waals surface area (Å²) in [5.41, 5.74) is 2.56. The maximum absolute atomic E-state index is 12.9. The molecule has 0 spiro atoms. The molecule has 0 radical (unpaired) electrons. The average molecular weight is 509 g/mol. The zero-order valence-electron chi connectivity index (χ0n) is 18.1. The number of rotatable bonds is 8. The van der Waals surface area contributed by atoms with Gasteiger partial charge in [-0.15, -0.1) is 0 Å². The Morgan fingerprint density at radius 2 is 1.82 bits per heavy atom. The molecule has 0 aromatic heterocycles. The van der Waals surface area contributed by atoms with Gasteiger partial charge in [0, 0.05) is 23.7 Å². The van der Waals surface area contributed by atoms with E-state index in [1.165, 1.54) is 16.7 Å². The fourth-order valence-electron chi connectivity index (χ4n) is 3.25. The van der Waals surface area contributed by atoms with Crippen molar-refractivity contribution in [1.29, 1.82) is 0 Å². The molecule has 1 fully saturated rings. The minimum Gasteiger partial charge on any atom is -0.489 e. The summed E-state index contributed by atoms with van der Waals surface area (Å²) < 4.78 is 6.31. The largest absolute Gasteiger partial charge is 0.489 e. The maximum Gasteiger partial charge on any atom is 0.266 e. The summed E-state index contributed by atoms with van der Waals surface area (Å²) in [6.07, 6.45) is 1.92. The molecule has 0 aliphatic carbocycles. The highest BCUT2D eigenvalue weighted by Crippen LogP contribution is 2.33. The molecule has 34 heavy (non-hydrogen) atoms. The number of halogens is 1. The number of benzene rings is 3. The molecule has 1 aliphatic rings. The van der Waals surface area contributed by atoms with Crippen molar-refractivity contribution in [3.8, 4) is 5.75 Å². The van der Waals surface area contributed by atoms with Crippen molar-refractivity contribution in [3.63, 3.8) is 0 Å². The summed E-state index contributed by atoms with van der Waals surface area (Å²) >= 11 is 12.5. The highest BCUT2D eigenvalue weighted by molar-refractivity contribution is 8.26. The number of ether oxygens (including phenoxy) is 1. The van der Waals surface area contributed by atoms with E-state index < -0.39 is 0 Å². The Labute approximate surface area is 212 Å². The quantitative estimate of drug-likeness (QED) is 0.292. The summed E-state index contributed by atoms with van der Waals surface area (Å²) in [5.74, 6) is 0.306. The maximum atomic E-state index is 12.9. The summed E-state index contributed by atoms with van der Waals surface area (Å²) in [5, 5.41) is 3.38. The zero-order valence-corrected chi connectivity index (χ0v) is 20.5. The van der Waals surface area contributed by atoms with Gasteiger partial charge in [0.25, 0.3) is 5.91 Å². The van der Waals surface area contributed by atoms with E-state index in [9.17, 15) is 9.59 Å². The van der Waals surface area contributed by atoms with Crippen LogP contribution >= 0.6 is 35.6 Å². The number of carbonyl (C=O) groups excluding carboxylic acids is 2. The lowest BCUT2D eigenvalue weighted by molar-refractivity contribution is -0.122. The minimum atomic E-state index is -0.205. The van der Waals surface area contributed by atoms with Crippen molar-refractivity contribution in [2.75, 3.05) is 11.9 Å². The highest BCUT2D eigenvalue weighted by Gasteiger charge is 2.32. The number of nitrogens with zero attached hydrogens (tertiary/aromatic N) is 1. The molecule has 5 nitrogen and oxygen atoms in total. The predicted molar refractivity (Wildman–Crippen MR) is 142 cm³/mol. The second-order valence-corrected chi connectivity index (χ2v) is 9.60. The normalized spacial score (nSPS) is 14.5. The Kier molecular flexibility index (Phi) is 8.00. The molecule has 172 valence electrons. The third-order valence-electron chi connectivity index (χ3n) is 4.97. The van der Waals surface area contributed by atoms with Crippen molar-refractivity contribution in [1.82, 2.24) is 4.90 Å². The molecular formula is C26H21ClN2O3S2. The van der Waals surface area contributed by atoms with Crippen molar-refractivity contribution in [3.05, 3.63) is 99.9 Å². The molecule has 1 N–H and O–H groups in total. The smallest absolute Gasteiger partial charge is 0.266 e. The Morgan fingerprint density at radius 1 is 1.06 bits per heavy atom. The molecule has 4 rings (SSSR count). The molecule has 0 saturated carbocycles. The number of amides is 2. The van der Waals surface area contributed by atoms with Crippen LogP contribution in [0.25, 0.3) is 6.08 Å². The van der Waals surface area contributed by atoms with Gasteiger partial charge in [0.05, 0.1) is 4.91 Å². The van der Waals surface area contributed by atoms with Gasteiger partial charge in [0.2, 0.25) is 5.91 Å². The number of nitrogens with one attached hydrogen (secondary N) is 1. The van der Waals surface area contributed by atoms with E-state index in [4.69, 9.17) is 28.6 Å². The van der Waals surface area contributed by atoms with Gasteiger partial charge in [-0.25, -0.2) is 0 Å². The molecule has 0 bridgehead atoms. The van der Waals surface area contributed by atoms with E-state index in [0.717, 1.165) is 11.1 Å². The van der Waals surface area contributed by atoms with Gasteiger partial charge >= 0.3 is 0 Å². The predicted octanol–water partition coefficient (Wildman–Crippen LogP) is 6.15. The number of thiocarbonyl (C=S) groups is 1. The molecule has 0 unspecified atom stereocenters. The fraction of sp³-hybridized carbons (Fsp3) is 0.115. The lowest BCUT2D eigenvalue weighted by atomic mass is 10.2. The van der Waals surface area contributed by atoms with E-state index in [1.54, 1.807) is 30.3 Å². The number of anilines is 1. The summed E-state index contributed by atoms with van der Waals surface area (Å²) in [4.78, 5) is 27.2. The molecule has 1 aliphatic heterocycles. The van der Waals surface area contributed by atoms with Crippen molar-refractivity contribution >= 4 is 63.5 Å². The summed E-state index contributed by atoms with van der Waals surface area (Å²) in [6.45, 7) is 0.673. The molecule has 0 atom stereocenters. The van der Waals surface area contributed by atoms with Gasteiger partial charge in [-0.05, 0) is 53.6 Å². The van der Waals surface area contributed by atoms with Crippen molar-refractivity contribution < 1.29 is 14.3 Å². The second-order valence-electron chi connectivity index (χ2n) is 7.49. The highest BCUT2D eigenvalue weighted by atomic mass is 35.5. The average Bonchev–Trinajstić information content (AvgIpc) is 3.10. The molecular weight excluding hydrogens is 488 g/mol. The molecule has 1 saturated heterocycles. The molecule has 3 aromatic rings. The number of thioether (sulfide) groups is 1. The fourth-order valence-corrected chi connectivity index (χ4v) is 4.68. The van der Waals surface area contributed by atoms with Gasteiger partial charge in [-0.1, -0.05) is 78.0 Å². The van der Waals surface area contributed by atoms with Crippen LogP contribution in [0.4, 0.5) is 5.69 Å². The zero-order chi connectivity index (χ0) is 23.9. The first-order valence-corrected chi connectivity index (χ1v) is 12.2. The van der Waals surface area contributed by atoms with Gasteiger partial charge in [0.15, 0.2) is 0 Å². The monoisotopic (exact) mass is 508 g/mol. The van der Waals surface area contributed by atoms with Crippen LogP contribution in [-0.4, -0.2) is 27.6 Å². The number of hydrogen-bond donors (Lipinski definition) is 1. The van der Waals surface area contributed by atoms with Gasteiger partial charge < -0.3 is 10.1 Å². The van der Waals surface area contributed by atoms with E-state index in [-0.39, 0.29) is 24.8 Å². The van der Waals surface area contributed by atoms with E-state index in [0.29, 0.717) is 32.3 Å². The molecule has 3 aromatic carbocycles. The number of hydrogen-bond acceptors (Lipinski definition) is 5. The Balaban J connectivity index is 1.34. The van der Waals surface area contributed by atoms with Crippen LogP contribution < -0.4 is 10.1 Å². The third-order valence-corrected chi connectivity index (χ3v) is 6.60. The minimum absolute atomic E-state index is 0.130. The van der Waals surface area contributed by atoms with Crippen molar-refractivity contribution in [2.45, 2.75) is 13.0 Å². The topological polar surface area (TPSA) is 58.6 Å². The van der Waals surface area contributed by atoms with Crippen LogP contribution in [0, 0.1) is 0 Å². The van der Waals surface area contributed by atoms with Crippen LogP contribution in [0.5, 0.6) is 5.75 Å². The lowest BCUT2D eigenvalue weighted by Crippen LogP contribution is -2.31. The van der Waals surface area contributed by atoms with Gasteiger partial charge in [-0.3, -0.25) is 14.5 Å². The van der Waals surface area contributed by atoms with Crippen LogP contribution in [-0.2, 0) is 16.2 Å². The summed E-state index contributed by atoms with van der Waals surface area (Å²) in [6, 6.07) is 24.3. The van der Waals surface area contributed by atoms with Gasteiger partial charge in [-0.2, -0.15) is 0 Å². The first-order chi connectivity index (χ1) is 16.5. The van der Waals surface area contributed by atoms with Crippen LogP contribution in [0.1, 0.15) is 17.5 Å². The van der Waals surface area contributed by atoms with E-state index >= 15 is 0 Å². The third kappa shape index (κ3) is 6.47. The van der Waals surface area contributed by atoms with Crippen LogP contribution in [0.3, 0.4) is 0 Å². The van der Waals surface area contributed by atoms with Crippen LogP contribution in [0.15, 0.2) is 83.8 Å². The Morgan fingerprint density at radius 3 is 2.59 bits per heavy atom. The first-order valence-electron chi connectivity index (χ1n) is 10.6. The molecule has 1 heterocycles. The summed E-state index contributed by atoms with van der Waals surface area (Å²) in [7, 11) is 0. The van der Waals surface area contributed by atoms with Crippen LogP contribution in [0.2, 0.25) is 5.02 Å².